The summed E-state index contributed by atoms with van der Waals surface area (Å²) in [5.74, 6) is -0.975. The standard InChI is InChI=1S/C17H21N3O4/c1-11-4-5-13-12(8-11)9-17(10-19(13)2)14(21)18-16(23)20(15(17)22)6-7-24-3/h4-5,8H,6-7,9-10H2,1-3H3,(H,18,21,23)/t17-/m1/s1. The third-order valence-electron chi connectivity index (χ3n) is 4.72. The zero-order valence-electron chi connectivity index (χ0n) is 14.1. The van der Waals surface area contributed by atoms with Crippen molar-refractivity contribution in [1.82, 2.24) is 10.2 Å². The number of amides is 4. The van der Waals surface area contributed by atoms with Gasteiger partial charge in [0.05, 0.1) is 13.2 Å². The Morgan fingerprint density at radius 1 is 1.29 bits per heavy atom. The van der Waals surface area contributed by atoms with Crippen LogP contribution in [-0.2, 0) is 20.7 Å². The molecule has 2 aliphatic rings. The lowest BCUT2D eigenvalue weighted by atomic mass is 9.74. The fraction of sp³-hybridized carbons (Fsp3) is 0.471. The van der Waals surface area contributed by atoms with E-state index < -0.39 is 23.3 Å². The van der Waals surface area contributed by atoms with Crippen molar-refractivity contribution < 1.29 is 19.1 Å². The number of benzene rings is 1. The number of methoxy groups -OCH3 is 1. The second-order valence-electron chi connectivity index (χ2n) is 6.46. The van der Waals surface area contributed by atoms with E-state index in [1.54, 1.807) is 0 Å². The lowest BCUT2D eigenvalue weighted by Crippen LogP contribution is -2.68. The lowest BCUT2D eigenvalue weighted by Gasteiger charge is -2.45. The first-order chi connectivity index (χ1) is 11.4. The molecule has 7 heteroatoms. The van der Waals surface area contributed by atoms with Gasteiger partial charge in [-0.2, -0.15) is 0 Å². The molecule has 1 atom stereocenters. The van der Waals surface area contributed by atoms with Gasteiger partial charge < -0.3 is 9.64 Å². The van der Waals surface area contributed by atoms with Gasteiger partial charge in [-0.1, -0.05) is 17.7 Å². The Hall–Kier alpha value is -2.41. The number of anilines is 1. The molecule has 0 bridgehead atoms. The van der Waals surface area contributed by atoms with Crippen LogP contribution in [0.1, 0.15) is 11.1 Å². The molecule has 7 nitrogen and oxygen atoms in total. The summed E-state index contributed by atoms with van der Waals surface area (Å²) < 4.78 is 4.97. The molecule has 1 saturated heterocycles. The first-order valence-corrected chi connectivity index (χ1v) is 7.86. The number of urea groups is 1. The highest BCUT2D eigenvalue weighted by Gasteiger charge is 2.56. The monoisotopic (exact) mass is 331 g/mol. The summed E-state index contributed by atoms with van der Waals surface area (Å²) in [7, 11) is 3.35. The first kappa shape index (κ1) is 16.4. The van der Waals surface area contributed by atoms with Gasteiger partial charge in [-0.25, -0.2) is 4.79 Å². The number of rotatable bonds is 3. The first-order valence-electron chi connectivity index (χ1n) is 7.86. The summed E-state index contributed by atoms with van der Waals surface area (Å²) in [6, 6.07) is 5.31. The lowest BCUT2D eigenvalue weighted by molar-refractivity contribution is -0.151. The molecule has 1 fully saturated rings. The number of imide groups is 2. The molecule has 0 radical (unpaired) electrons. The molecule has 1 spiro atoms. The van der Waals surface area contributed by atoms with Crippen LogP contribution < -0.4 is 10.2 Å². The Morgan fingerprint density at radius 3 is 2.75 bits per heavy atom. The summed E-state index contributed by atoms with van der Waals surface area (Å²) in [5, 5.41) is 2.34. The normalized spacial score (nSPS) is 23.5. The van der Waals surface area contributed by atoms with Crippen LogP contribution in [-0.4, -0.2) is 56.6 Å². The molecule has 4 amide bonds. The van der Waals surface area contributed by atoms with Crippen molar-refractivity contribution >= 4 is 23.5 Å². The van der Waals surface area contributed by atoms with Crippen molar-refractivity contribution in [2.75, 3.05) is 38.8 Å². The van der Waals surface area contributed by atoms with Crippen molar-refractivity contribution in [3.63, 3.8) is 0 Å². The van der Waals surface area contributed by atoms with Gasteiger partial charge in [-0.05, 0) is 25.0 Å². The van der Waals surface area contributed by atoms with E-state index in [1.165, 1.54) is 7.11 Å². The average molecular weight is 331 g/mol. The van der Waals surface area contributed by atoms with Crippen LogP contribution in [0.15, 0.2) is 18.2 Å². The maximum atomic E-state index is 13.0. The Balaban J connectivity index is 2.00. The Kier molecular flexibility index (Phi) is 4.04. The molecule has 0 aromatic heterocycles. The third-order valence-corrected chi connectivity index (χ3v) is 4.72. The molecule has 2 heterocycles. The van der Waals surface area contributed by atoms with Gasteiger partial charge >= 0.3 is 6.03 Å². The van der Waals surface area contributed by atoms with Gasteiger partial charge in [0.2, 0.25) is 11.8 Å². The molecule has 2 aliphatic heterocycles. The number of hydrogen-bond donors (Lipinski definition) is 1. The number of hydrogen-bond acceptors (Lipinski definition) is 5. The summed E-state index contributed by atoms with van der Waals surface area (Å²) in [4.78, 5) is 40.7. The van der Waals surface area contributed by atoms with E-state index in [0.29, 0.717) is 0 Å². The van der Waals surface area contributed by atoms with E-state index in [-0.39, 0.29) is 26.1 Å². The van der Waals surface area contributed by atoms with Gasteiger partial charge in [0.25, 0.3) is 0 Å². The van der Waals surface area contributed by atoms with Crippen LogP contribution in [0.2, 0.25) is 0 Å². The molecule has 1 N–H and O–H groups in total. The van der Waals surface area contributed by atoms with E-state index >= 15 is 0 Å². The molecule has 1 aromatic carbocycles. The number of aryl methyl sites for hydroxylation is 1. The van der Waals surface area contributed by atoms with Crippen molar-refractivity contribution in [2.45, 2.75) is 13.3 Å². The quantitative estimate of drug-likeness (QED) is 0.825. The highest BCUT2D eigenvalue weighted by atomic mass is 16.5. The smallest absolute Gasteiger partial charge is 0.330 e. The average Bonchev–Trinajstić information content (AvgIpc) is 2.53. The van der Waals surface area contributed by atoms with Crippen LogP contribution in [0, 0.1) is 12.3 Å². The molecule has 3 rings (SSSR count). The zero-order valence-corrected chi connectivity index (χ0v) is 14.1. The van der Waals surface area contributed by atoms with E-state index in [9.17, 15) is 14.4 Å². The zero-order chi connectivity index (χ0) is 17.5. The Labute approximate surface area is 140 Å². The summed E-state index contributed by atoms with van der Waals surface area (Å²) in [6.07, 6.45) is 0.287. The highest BCUT2D eigenvalue weighted by molar-refractivity contribution is 6.20. The molecular formula is C17H21N3O4. The minimum atomic E-state index is -1.28. The Morgan fingerprint density at radius 2 is 2.04 bits per heavy atom. The number of barbiturate groups is 1. The Bertz CT molecular complexity index is 718. The van der Waals surface area contributed by atoms with Gasteiger partial charge in [-0.15, -0.1) is 0 Å². The number of carbonyl (C=O) groups excluding carboxylic acids is 3. The summed E-state index contributed by atoms with van der Waals surface area (Å²) in [6.45, 7) is 2.57. The highest BCUT2D eigenvalue weighted by Crippen LogP contribution is 2.39. The van der Waals surface area contributed by atoms with Gasteiger partial charge in [0.15, 0.2) is 0 Å². The molecule has 0 saturated carbocycles. The molecule has 128 valence electrons. The fourth-order valence-corrected chi connectivity index (χ4v) is 3.51. The van der Waals surface area contributed by atoms with Crippen LogP contribution in [0.5, 0.6) is 0 Å². The number of ether oxygens (including phenoxy) is 1. The minimum absolute atomic E-state index is 0.126. The number of nitrogens with zero attached hydrogens (tertiary/aromatic N) is 2. The van der Waals surface area contributed by atoms with Gasteiger partial charge in [-0.3, -0.25) is 19.8 Å². The third kappa shape index (κ3) is 2.45. The molecule has 0 unspecified atom stereocenters. The van der Waals surface area contributed by atoms with Crippen LogP contribution >= 0.6 is 0 Å². The molecular weight excluding hydrogens is 310 g/mol. The minimum Gasteiger partial charge on any atom is -0.383 e. The number of nitrogens with one attached hydrogen (secondary N) is 1. The summed E-state index contributed by atoms with van der Waals surface area (Å²) in [5.41, 5.74) is 1.73. The fourth-order valence-electron chi connectivity index (χ4n) is 3.51. The van der Waals surface area contributed by atoms with E-state index in [0.717, 1.165) is 21.7 Å². The maximum Gasteiger partial charge on any atom is 0.330 e. The van der Waals surface area contributed by atoms with E-state index in [1.807, 2.05) is 37.1 Å². The van der Waals surface area contributed by atoms with Crippen LogP contribution in [0.4, 0.5) is 10.5 Å². The van der Waals surface area contributed by atoms with Crippen molar-refractivity contribution in [3.8, 4) is 0 Å². The SMILES string of the molecule is COCCN1C(=O)NC(=O)[C@]2(Cc3cc(C)ccc3N(C)C2)C1=O. The largest absolute Gasteiger partial charge is 0.383 e. The van der Waals surface area contributed by atoms with Crippen molar-refractivity contribution in [1.29, 1.82) is 0 Å². The second-order valence-corrected chi connectivity index (χ2v) is 6.46. The predicted molar refractivity (Wildman–Crippen MR) is 87.7 cm³/mol. The molecule has 24 heavy (non-hydrogen) atoms. The topological polar surface area (TPSA) is 79.0 Å². The van der Waals surface area contributed by atoms with E-state index in [4.69, 9.17) is 4.74 Å². The van der Waals surface area contributed by atoms with Crippen molar-refractivity contribution in [3.05, 3.63) is 29.3 Å². The maximum absolute atomic E-state index is 13.0. The van der Waals surface area contributed by atoms with Gasteiger partial charge in [0.1, 0.15) is 5.41 Å². The van der Waals surface area contributed by atoms with Crippen LogP contribution in [0.25, 0.3) is 0 Å². The number of carbonyl (C=O) groups is 3. The molecule has 0 aliphatic carbocycles. The number of fused-ring (bicyclic) bond motifs is 1. The van der Waals surface area contributed by atoms with Gasteiger partial charge in [0, 0.05) is 26.4 Å². The molecule has 1 aromatic rings. The van der Waals surface area contributed by atoms with Crippen molar-refractivity contribution in [2.24, 2.45) is 5.41 Å². The summed E-state index contributed by atoms with van der Waals surface area (Å²) >= 11 is 0. The second kappa shape index (κ2) is 5.90. The van der Waals surface area contributed by atoms with E-state index in [2.05, 4.69) is 5.32 Å². The predicted octanol–water partition coefficient (Wildman–Crippen LogP) is 0.699. The van der Waals surface area contributed by atoms with Crippen LogP contribution in [0.3, 0.4) is 0 Å².